The van der Waals surface area contributed by atoms with Crippen LogP contribution in [0.1, 0.15) is 12.0 Å². The maximum Gasteiger partial charge on any atom is 0.119 e. The Hall–Kier alpha value is -1.27. The van der Waals surface area contributed by atoms with Crippen molar-refractivity contribution >= 4 is 22.6 Å². The molecule has 0 spiro atoms. The summed E-state index contributed by atoms with van der Waals surface area (Å²) in [4.78, 5) is 0. The van der Waals surface area contributed by atoms with Gasteiger partial charge in [0, 0.05) is 10.1 Å². The molecule has 0 aromatic heterocycles. The highest BCUT2D eigenvalue weighted by molar-refractivity contribution is 14.1. The van der Waals surface area contributed by atoms with E-state index in [9.17, 15) is 0 Å². The first-order valence-corrected chi connectivity index (χ1v) is 8.58. The van der Waals surface area contributed by atoms with Crippen LogP contribution >= 0.6 is 22.6 Å². The lowest BCUT2D eigenvalue weighted by Crippen LogP contribution is -2.22. The summed E-state index contributed by atoms with van der Waals surface area (Å²) >= 11 is 2.38. The van der Waals surface area contributed by atoms with E-state index < -0.39 is 0 Å². The molecule has 2 aromatic rings. The Morgan fingerprint density at radius 1 is 1.00 bits per heavy atom. The van der Waals surface area contributed by atoms with Gasteiger partial charge in [0.1, 0.15) is 18.1 Å². The molecule has 0 aliphatic heterocycles. The highest BCUT2D eigenvalue weighted by Crippen LogP contribution is 2.20. The molecule has 0 aliphatic rings. The molecular formula is C18H22INO2. The van der Waals surface area contributed by atoms with Crippen molar-refractivity contribution in [3.63, 3.8) is 0 Å². The number of rotatable bonds is 9. The molecule has 0 heterocycles. The second-order valence-electron chi connectivity index (χ2n) is 4.97. The van der Waals surface area contributed by atoms with Crippen molar-refractivity contribution in [2.24, 2.45) is 0 Å². The van der Waals surface area contributed by atoms with Gasteiger partial charge in [0.15, 0.2) is 0 Å². The molecule has 0 aliphatic carbocycles. The number of hydrogen-bond donors (Lipinski definition) is 1. The minimum Gasteiger partial charge on any atom is -0.497 e. The number of para-hydroxylation sites is 1. The third-order valence-electron chi connectivity index (χ3n) is 3.34. The van der Waals surface area contributed by atoms with Gasteiger partial charge < -0.3 is 14.8 Å². The van der Waals surface area contributed by atoms with Crippen LogP contribution in [0.25, 0.3) is 0 Å². The summed E-state index contributed by atoms with van der Waals surface area (Å²) < 4.78 is 12.2. The van der Waals surface area contributed by atoms with Crippen molar-refractivity contribution in [1.29, 1.82) is 0 Å². The number of methoxy groups -OCH3 is 1. The Morgan fingerprint density at radius 3 is 2.59 bits per heavy atom. The first kappa shape index (κ1) is 17.1. The van der Waals surface area contributed by atoms with E-state index in [1.165, 1.54) is 9.13 Å². The first-order chi connectivity index (χ1) is 10.8. The van der Waals surface area contributed by atoms with Crippen LogP contribution in [0.4, 0.5) is 0 Å². The molecule has 0 bridgehead atoms. The summed E-state index contributed by atoms with van der Waals surface area (Å²) in [5.41, 5.74) is 1.35. The SMILES string of the molecule is COc1ccc(I)c(CCCNCCOc2ccccc2)c1. The van der Waals surface area contributed by atoms with Crippen LogP contribution in [-0.2, 0) is 6.42 Å². The zero-order valence-corrected chi connectivity index (χ0v) is 15.0. The number of halogens is 1. The highest BCUT2D eigenvalue weighted by Gasteiger charge is 2.02. The molecule has 4 heteroatoms. The van der Waals surface area contributed by atoms with Gasteiger partial charge >= 0.3 is 0 Å². The number of hydrogen-bond acceptors (Lipinski definition) is 3. The fourth-order valence-electron chi connectivity index (χ4n) is 2.16. The summed E-state index contributed by atoms with van der Waals surface area (Å²) in [6, 6.07) is 16.2. The zero-order valence-electron chi connectivity index (χ0n) is 12.8. The van der Waals surface area contributed by atoms with E-state index in [1.807, 2.05) is 36.4 Å². The van der Waals surface area contributed by atoms with Gasteiger partial charge in [0.2, 0.25) is 0 Å². The van der Waals surface area contributed by atoms with E-state index in [0.717, 1.165) is 37.4 Å². The van der Waals surface area contributed by atoms with Crippen molar-refractivity contribution in [2.75, 3.05) is 26.8 Å². The molecule has 1 N–H and O–H groups in total. The summed E-state index contributed by atoms with van der Waals surface area (Å²) in [7, 11) is 1.71. The summed E-state index contributed by atoms with van der Waals surface area (Å²) in [6.07, 6.45) is 2.16. The Bertz CT molecular complexity index is 560. The monoisotopic (exact) mass is 411 g/mol. The van der Waals surface area contributed by atoms with Crippen LogP contribution < -0.4 is 14.8 Å². The molecule has 3 nitrogen and oxygen atoms in total. The van der Waals surface area contributed by atoms with E-state index in [4.69, 9.17) is 9.47 Å². The molecule has 0 amide bonds. The van der Waals surface area contributed by atoms with Crippen LogP contribution in [0.3, 0.4) is 0 Å². The number of aryl methyl sites for hydroxylation is 1. The molecule has 2 rings (SSSR count). The number of ether oxygens (including phenoxy) is 2. The van der Waals surface area contributed by atoms with Gasteiger partial charge in [-0.1, -0.05) is 18.2 Å². The van der Waals surface area contributed by atoms with Gasteiger partial charge in [-0.05, 0) is 77.9 Å². The summed E-state index contributed by atoms with van der Waals surface area (Å²) in [6.45, 7) is 2.55. The third kappa shape index (κ3) is 5.85. The number of benzene rings is 2. The molecule has 0 unspecified atom stereocenters. The Balaban J connectivity index is 1.59. The topological polar surface area (TPSA) is 30.5 Å². The third-order valence-corrected chi connectivity index (χ3v) is 4.40. The molecule has 0 saturated carbocycles. The second kappa shape index (κ2) is 9.69. The van der Waals surface area contributed by atoms with E-state index in [1.54, 1.807) is 7.11 Å². The highest BCUT2D eigenvalue weighted by atomic mass is 127. The average molecular weight is 411 g/mol. The Kier molecular flexibility index (Phi) is 7.53. The minimum atomic E-state index is 0.695. The van der Waals surface area contributed by atoms with Crippen LogP contribution in [0.5, 0.6) is 11.5 Å². The second-order valence-corrected chi connectivity index (χ2v) is 6.13. The van der Waals surface area contributed by atoms with Crippen molar-refractivity contribution in [3.8, 4) is 11.5 Å². The van der Waals surface area contributed by atoms with Crippen molar-refractivity contribution in [1.82, 2.24) is 5.32 Å². The van der Waals surface area contributed by atoms with Gasteiger partial charge in [-0.15, -0.1) is 0 Å². The van der Waals surface area contributed by atoms with Crippen LogP contribution in [0, 0.1) is 3.57 Å². The molecule has 0 radical (unpaired) electrons. The van der Waals surface area contributed by atoms with E-state index in [2.05, 4.69) is 40.0 Å². The summed E-state index contributed by atoms with van der Waals surface area (Å²) in [5.74, 6) is 1.86. The maximum absolute atomic E-state index is 5.64. The molecule has 0 atom stereocenters. The molecule has 118 valence electrons. The molecule has 2 aromatic carbocycles. The first-order valence-electron chi connectivity index (χ1n) is 7.50. The minimum absolute atomic E-state index is 0.695. The van der Waals surface area contributed by atoms with Crippen LogP contribution in [-0.4, -0.2) is 26.8 Å². The van der Waals surface area contributed by atoms with Crippen LogP contribution in [0.15, 0.2) is 48.5 Å². The predicted octanol–water partition coefficient (Wildman–Crippen LogP) is 3.90. The standard InChI is InChI=1S/C18H22INO2/c1-21-17-9-10-18(19)15(14-17)6-5-11-20-12-13-22-16-7-3-2-4-8-16/h2-4,7-10,14,20H,5-6,11-13H2,1H3. The lowest BCUT2D eigenvalue weighted by molar-refractivity contribution is 0.314. The zero-order chi connectivity index (χ0) is 15.6. The van der Waals surface area contributed by atoms with Crippen molar-refractivity contribution in [2.45, 2.75) is 12.8 Å². The molecule has 0 fully saturated rings. The lowest BCUT2D eigenvalue weighted by atomic mass is 10.1. The summed E-state index contributed by atoms with van der Waals surface area (Å²) in [5, 5.41) is 3.42. The molecule has 0 saturated heterocycles. The fraction of sp³-hybridized carbons (Fsp3) is 0.333. The molecule has 22 heavy (non-hydrogen) atoms. The Labute approximate surface area is 146 Å². The average Bonchev–Trinajstić information content (AvgIpc) is 2.56. The fourth-order valence-corrected chi connectivity index (χ4v) is 2.76. The van der Waals surface area contributed by atoms with E-state index in [0.29, 0.717) is 6.61 Å². The smallest absolute Gasteiger partial charge is 0.119 e. The van der Waals surface area contributed by atoms with Gasteiger partial charge in [0.25, 0.3) is 0 Å². The quantitative estimate of drug-likeness (QED) is 0.502. The van der Waals surface area contributed by atoms with Crippen molar-refractivity contribution in [3.05, 3.63) is 57.7 Å². The van der Waals surface area contributed by atoms with Crippen LogP contribution in [0.2, 0.25) is 0 Å². The lowest BCUT2D eigenvalue weighted by Gasteiger charge is -2.09. The predicted molar refractivity (Wildman–Crippen MR) is 98.8 cm³/mol. The van der Waals surface area contributed by atoms with Crippen molar-refractivity contribution < 1.29 is 9.47 Å². The molecular weight excluding hydrogens is 389 g/mol. The normalized spacial score (nSPS) is 10.5. The number of nitrogens with one attached hydrogen (secondary N) is 1. The maximum atomic E-state index is 5.64. The van der Waals surface area contributed by atoms with E-state index >= 15 is 0 Å². The van der Waals surface area contributed by atoms with Gasteiger partial charge in [-0.3, -0.25) is 0 Å². The van der Waals surface area contributed by atoms with Gasteiger partial charge in [-0.2, -0.15) is 0 Å². The van der Waals surface area contributed by atoms with Gasteiger partial charge in [-0.25, -0.2) is 0 Å². The van der Waals surface area contributed by atoms with E-state index in [-0.39, 0.29) is 0 Å². The largest absolute Gasteiger partial charge is 0.497 e. The Morgan fingerprint density at radius 2 is 1.82 bits per heavy atom. The van der Waals surface area contributed by atoms with Gasteiger partial charge in [0.05, 0.1) is 7.11 Å².